The highest BCUT2D eigenvalue weighted by Gasteiger charge is 2.31. The lowest BCUT2D eigenvalue weighted by molar-refractivity contribution is -0.150. The number of rotatable bonds is 3. The maximum atomic E-state index is 12.6. The lowest BCUT2D eigenvalue weighted by Gasteiger charge is -2.32. The van der Waals surface area contributed by atoms with Gasteiger partial charge < -0.3 is 25.2 Å². The maximum Gasteiger partial charge on any atom is 0.331 e. The van der Waals surface area contributed by atoms with Crippen molar-refractivity contribution in [3.63, 3.8) is 0 Å². The van der Waals surface area contributed by atoms with Crippen LogP contribution in [0.4, 0.5) is 0 Å². The first-order valence-electron chi connectivity index (χ1n) is 14.4. The number of allylic oxidation sites excluding steroid dienone is 4. The number of hydrogen-bond acceptors (Lipinski definition) is 6. The molecule has 0 saturated carbocycles. The molecule has 1 rings (SSSR count). The molecule has 1 aliphatic heterocycles. The Labute approximate surface area is 231 Å². The SMILES string of the molecule is C=C/C=C\[C@H](C)[C@@H]1OC(=O)/C=C\C=C\[C@@H](C)[C@@H](O)C[C@H](O)CC[C@H](C)[C@H](O)[C@@H](C)C[C@@H](C)CC[C@@H](O)C1C. The third kappa shape index (κ3) is 12.4. The van der Waals surface area contributed by atoms with Crippen molar-refractivity contribution < 1.29 is 30.0 Å². The summed E-state index contributed by atoms with van der Waals surface area (Å²) in [4.78, 5) is 12.6. The second-order valence-corrected chi connectivity index (χ2v) is 11.8. The Morgan fingerprint density at radius 2 is 1.61 bits per heavy atom. The van der Waals surface area contributed by atoms with Crippen molar-refractivity contribution in [2.24, 2.45) is 35.5 Å². The number of aliphatic hydroxyl groups excluding tert-OH is 4. The first-order chi connectivity index (χ1) is 17.9. The van der Waals surface area contributed by atoms with E-state index in [1.807, 2.05) is 39.8 Å². The molecule has 6 heteroatoms. The molecule has 0 aromatic carbocycles. The van der Waals surface area contributed by atoms with Crippen molar-refractivity contribution in [2.75, 3.05) is 0 Å². The van der Waals surface area contributed by atoms with E-state index >= 15 is 0 Å². The quantitative estimate of drug-likeness (QED) is 0.287. The van der Waals surface area contributed by atoms with Gasteiger partial charge in [-0.25, -0.2) is 4.79 Å². The molecule has 0 radical (unpaired) electrons. The second-order valence-electron chi connectivity index (χ2n) is 11.8. The van der Waals surface area contributed by atoms with Gasteiger partial charge >= 0.3 is 5.97 Å². The predicted molar refractivity (Wildman–Crippen MR) is 154 cm³/mol. The number of carbonyl (C=O) groups is 1. The van der Waals surface area contributed by atoms with E-state index in [1.165, 1.54) is 6.08 Å². The Morgan fingerprint density at radius 1 is 0.921 bits per heavy atom. The van der Waals surface area contributed by atoms with Crippen LogP contribution in [0.15, 0.2) is 49.1 Å². The molecule has 11 atom stereocenters. The van der Waals surface area contributed by atoms with Gasteiger partial charge in [-0.1, -0.05) is 84.6 Å². The van der Waals surface area contributed by atoms with E-state index in [1.54, 1.807) is 24.3 Å². The molecule has 6 nitrogen and oxygen atoms in total. The van der Waals surface area contributed by atoms with Gasteiger partial charge in [0.2, 0.25) is 0 Å². The van der Waals surface area contributed by atoms with Crippen LogP contribution in [0.3, 0.4) is 0 Å². The van der Waals surface area contributed by atoms with Gasteiger partial charge in [0.05, 0.1) is 24.4 Å². The minimum absolute atomic E-state index is 0.0375. The van der Waals surface area contributed by atoms with Gasteiger partial charge in [0.1, 0.15) is 6.10 Å². The third-order valence-corrected chi connectivity index (χ3v) is 8.18. The third-order valence-electron chi connectivity index (χ3n) is 8.18. The summed E-state index contributed by atoms with van der Waals surface area (Å²) < 4.78 is 5.82. The van der Waals surface area contributed by atoms with E-state index in [0.717, 1.165) is 12.8 Å². The predicted octanol–water partition coefficient (Wildman–Crippen LogP) is 5.37. The van der Waals surface area contributed by atoms with Gasteiger partial charge in [0, 0.05) is 23.8 Å². The highest BCUT2D eigenvalue weighted by atomic mass is 16.5. The van der Waals surface area contributed by atoms with Gasteiger partial charge in [0.15, 0.2) is 0 Å². The molecule has 0 amide bonds. The second kappa shape index (κ2) is 17.8. The highest BCUT2D eigenvalue weighted by molar-refractivity contribution is 5.82. The number of esters is 1. The fourth-order valence-corrected chi connectivity index (χ4v) is 5.36. The van der Waals surface area contributed by atoms with Crippen LogP contribution >= 0.6 is 0 Å². The van der Waals surface area contributed by atoms with Crippen LogP contribution in [0, 0.1) is 35.5 Å². The topological polar surface area (TPSA) is 107 Å². The molecule has 1 unspecified atom stereocenters. The number of aliphatic hydroxyl groups is 4. The lowest BCUT2D eigenvalue weighted by atomic mass is 9.81. The monoisotopic (exact) mass is 534 g/mol. The average Bonchev–Trinajstić information content (AvgIpc) is 2.88. The van der Waals surface area contributed by atoms with E-state index in [0.29, 0.717) is 25.2 Å². The largest absolute Gasteiger partial charge is 0.458 e. The summed E-state index contributed by atoms with van der Waals surface area (Å²) in [6, 6.07) is 0. The molecule has 218 valence electrons. The summed E-state index contributed by atoms with van der Waals surface area (Å²) >= 11 is 0. The van der Waals surface area contributed by atoms with Crippen LogP contribution in [0.2, 0.25) is 0 Å². The summed E-state index contributed by atoms with van der Waals surface area (Å²) in [5.74, 6) is -0.662. The fraction of sp³-hybridized carbons (Fsp3) is 0.719. The van der Waals surface area contributed by atoms with Gasteiger partial charge in [-0.3, -0.25) is 0 Å². The average molecular weight is 535 g/mol. The van der Waals surface area contributed by atoms with Crippen LogP contribution in [-0.2, 0) is 9.53 Å². The Bertz CT molecular complexity index is 774. The van der Waals surface area contributed by atoms with Crippen molar-refractivity contribution in [2.45, 2.75) is 111 Å². The smallest absolute Gasteiger partial charge is 0.331 e. The van der Waals surface area contributed by atoms with E-state index in [2.05, 4.69) is 20.4 Å². The standard InChI is InChI=1S/C32H54O6/c1-8-9-12-24(5)32-26(7)28(34)18-15-21(2)19-25(6)31(37)23(4)16-17-27(33)20-29(35)22(3)13-10-11-14-30(36)38-32/h8-14,21-29,31-35,37H,1,15-20H2,2-7H3/b12-9-,13-10+,14-11-/t21-,22+,23-,24-,25-,26?,27+,28+,29-,31-,32-/m0/s1. The summed E-state index contributed by atoms with van der Waals surface area (Å²) in [5, 5.41) is 42.9. The van der Waals surface area contributed by atoms with Gasteiger partial charge in [-0.05, 0) is 56.3 Å². The van der Waals surface area contributed by atoms with Crippen LogP contribution < -0.4 is 0 Å². The van der Waals surface area contributed by atoms with Crippen LogP contribution in [0.1, 0.15) is 80.1 Å². The Hall–Kier alpha value is -1.73. The molecule has 0 fully saturated rings. The maximum absolute atomic E-state index is 12.6. The van der Waals surface area contributed by atoms with Gasteiger partial charge in [-0.15, -0.1) is 0 Å². The molecular formula is C32H54O6. The molecule has 1 heterocycles. The van der Waals surface area contributed by atoms with Crippen molar-refractivity contribution in [1.29, 1.82) is 0 Å². The van der Waals surface area contributed by atoms with E-state index in [9.17, 15) is 25.2 Å². The Morgan fingerprint density at radius 3 is 2.26 bits per heavy atom. The van der Waals surface area contributed by atoms with Crippen LogP contribution in [0.5, 0.6) is 0 Å². The van der Waals surface area contributed by atoms with Crippen molar-refractivity contribution in [3.8, 4) is 0 Å². The molecular weight excluding hydrogens is 480 g/mol. The lowest BCUT2D eigenvalue weighted by Crippen LogP contribution is -2.37. The van der Waals surface area contributed by atoms with Crippen molar-refractivity contribution in [3.05, 3.63) is 49.1 Å². The summed E-state index contributed by atoms with van der Waals surface area (Å²) in [7, 11) is 0. The van der Waals surface area contributed by atoms with Gasteiger partial charge in [-0.2, -0.15) is 0 Å². The molecule has 38 heavy (non-hydrogen) atoms. The van der Waals surface area contributed by atoms with Crippen molar-refractivity contribution in [1.82, 2.24) is 0 Å². The number of carbonyl (C=O) groups excluding carboxylic acids is 1. The zero-order chi connectivity index (χ0) is 28.8. The Balaban J connectivity index is 3.13. The molecule has 0 spiro atoms. The van der Waals surface area contributed by atoms with Crippen molar-refractivity contribution >= 4 is 5.97 Å². The van der Waals surface area contributed by atoms with E-state index in [4.69, 9.17) is 4.74 Å². The van der Waals surface area contributed by atoms with Crippen LogP contribution in [0.25, 0.3) is 0 Å². The molecule has 0 aromatic heterocycles. The molecule has 0 bridgehead atoms. The van der Waals surface area contributed by atoms with E-state index in [-0.39, 0.29) is 36.0 Å². The zero-order valence-corrected chi connectivity index (χ0v) is 24.4. The molecule has 0 aromatic rings. The minimum atomic E-state index is -0.719. The first-order valence-corrected chi connectivity index (χ1v) is 14.4. The number of ether oxygens (including phenoxy) is 1. The van der Waals surface area contributed by atoms with E-state index < -0.39 is 36.5 Å². The number of cyclic esters (lactones) is 1. The number of hydrogen-bond donors (Lipinski definition) is 4. The molecule has 4 N–H and O–H groups in total. The summed E-state index contributed by atoms with van der Waals surface area (Å²) in [5.41, 5.74) is 0. The molecule has 0 saturated heterocycles. The molecule has 1 aliphatic rings. The van der Waals surface area contributed by atoms with Crippen LogP contribution in [-0.4, -0.2) is 56.9 Å². The fourth-order valence-electron chi connectivity index (χ4n) is 5.36. The summed E-state index contributed by atoms with van der Waals surface area (Å²) in [6.45, 7) is 15.7. The normalized spacial score (nSPS) is 40.3. The molecule has 0 aliphatic carbocycles. The Kier molecular flexibility index (Phi) is 16.0. The minimum Gasteiger partial charge on any atom is -0.458 e. The first kappa shape index (κ1) is 34.3. The highest BCUT2D eigenvalue weighted by Crippen LogP contribution is 2.29. The van der Waals surface area contributed by atoms with Gasteiger partial charge in [0.25, 0.3) is 0 Å². The zero-order valence-electron chi connectivity index (χ0n) is 24.4. The summed E-state index contributed by atoms with van der Waals surface area (Å²) in [6.07, 6.45) is 12.5.